The predicted octanol–water partition coefficient (Wildman–Crippen LogP) is 2.45. The topological polar surface area (TPSA) is 37.3 Å². The molecule has 0 atom stereocenters. The zero-order valence-corrected chi connectivity index (χ0v) is 14.0. The standard InChI is InChI=1S/C18H29N3O/c1-3-9-19-12-14-11-15-13-20(2)10-8-17(15)21(18(14)22)16-6-4-5-7-16/h11,16,19H,3-10,12-13H2,1-2H3. The lowest BCUT2D eigenvalue weighted by atomic mass is 10.0. The third-order valence-corrected chi connectivity index (χ3v) is 5.11. The number of hydrogen-bond donors (Lipinski definition) is 1. The molecule has 1 N–H and O–H groups in total. The average molecular weight is 303 g/mol. The molecule has 2 aliphatic rings. The number of hydrogen-bond acceptors (Lipinski definition) is 3. The Labute approximate surface area is 133 Å². The zero-order chi connectivity index (χ0) is 15.5. The van der Waals surface area contributed by atoms with Crippen LogP contribution in [0.2, 0.25) is 0 Å². The van der Waals surface area contributed by atoms with Crippen molar-refractivity contribution in [3.05, 3.63) is 33.2 Å². The lowest BCUT2D eigenvalue weighted by Gasteiger charge is -2.30. The molecule has 3 rings (SSSR count). The molecular formula is C18H29N3O. The first kappa shape index (κ1) is 15.8. The van der Waals surface area contributed by atoms with Gasteiger partial charge in [0.05, 0.1) is 0 Å². The van der Waals surface area contributed by atoms with Crippen LogP contribution in [0, 0.1) is 0 Å². The minimum absolute atomic E-state index is 0.263. The van der Waals surface area contributed by atoms with E-state index in [-0.39, 0.29) is 5.56 Å². The van der Waals surface area contributed by atoms with E-state index in [4.69, 9.17) is 0 Å². The highest BCUT2D eigenvalue weighted by atomic mass is 16.1. The second-order valence-corrected chi connectivity index (χ2v) is 6.92. The van der Waals surface area contributed by atoms with E-state index in [9.17, 15) is 4.79 Å². The number of nitrogens with one attached hydrogen (secondary N) is 1. The lowest BCUT2D eigenvalue weighted by molar-refractivity contribution is 0.299. The molecule has 4 heteroatoms. The molecule has 1 aliphatic carbocycles. The maximum absolute atomic E-state index is 13.0. The van der Waals surface area contributed by atoms with E-state index < -0.39 is 0 Å². The van der Waals surface area contributed by atoms with Gasteiger partial charge >= 0.3 is 0 Å². The molecule has 1 aromatic heterocycles. The molecule has 2 heterocycles. The van der Waals surface area contributed by atoms with Crippen molar-refractivity contribution in [1.82, 2.24) is 14.8 Å². The first-order chi connectivity index (χ1) is 10.7. The molecule has 0 saturated heterocycles. The van der Waals surface area contributed by atoms with Crippen molar-refractivity contribution in [2.24, 2.45) is 0 Å². The summed E-state index contributed by atoms with van der Waals surface area (Å²) >= 11 is 0. The fourth-order valence-corrected chi connectivity index (χ4v) is 3.95. The van der Waals surface area contributed by atoms with E-state index in [2.05, 4.69) is 34.8 Å². The summed E-state index contributed by atoms with van der Waals surface area (Å²) in [6.07, 6.45) is 7.00. The van der Waals surface area contributed by atoms with Crippen molar-refractivity contribution >= 4 is 0 Å². The van der Waals surface area contributed by atoms with E-state index in [1.54, 1.807) is 0 Å². The van der Waals surface area contributed by atoms with Gasteiger partial charge in [-0.3, -0.25) is 4.79 Å². The Balaban J connectivity index is 1.99. The van der Waals surface area contributed by atoms with Crippen molar-refractivity contribution in [1.29, 1.82) is 0 Å². The van der Waals surface area contributed by atoms with Gasteiger partial charge in [-0.2, -0.15) is 0 Å². The molecule has 0 aromatic carbocycles. The Morgan fingerprint density at radius 2 is 2.09 bits per heavy atom. The molecule has 0 radical (unpaired) electrons. The van der Waals surface area contributed by atoms with Gasteiger partial charge in [-0.05, 0) is 44.5 Å². The normalized spacial score (nSPS) is 19.5. The Morgan fingerprint density at radius 3 is 2.82 bits per heavy atom. The fraction of sp³-hybridized carbons (Fsp3) is 0.722. The molecule has 1 saturated carbocycles. The maximum atomic E-state index is 13.0. The molecule has 122 valence electrons. The van der Waals surface area contributed by atoms with E-state index >= 15 is 0 Å². The van der Waals surface area contributed by atoms with Crippen LogP contribution in [0.1, 0.15) is 61.9 Å². The zero-order valence-electron chi connectivity index (χ0n) is 14.0. The van der Waals surface area contributed by atoms with Crippen molar-refractivity contribution in [2.45, 2.75) is 64.6 Å². The van der Waals surface area contributed by atoms with Crippen LogP contribution in [-0.4, -0.2) is 29.6 Å². The number of nitrogens with zero attached hydrogens (tertiary/aromatic N) is 2. The molecule has 0 amide bonds. The van der Waals surface area contributed by atoms with Crippen LogP contribution >= 0.6 is 0 Å². The van der Waals surface area contributed by atoms with Crippen LogP contribution in [0.4, 0.5) is 0 Å². The molecule has 0 spiro atoms. The lowest BCUT2D eigenvalue weighted by Crippen LogP contribution is -2.37. The average Bonchev–Trinajstić information content (AvgIpc) is 3.02. The van der Waals surface area contributed by atoms with Gasteiger partial charge in [0.2, 0.25) is 0 Å². The highest BCUT2D eigenvalue weighted by Crippen LogP contribution is 2.31. The maximum Gasteiger partial charge on any atom is 0.255 e. The van der Waals surface area contributed by atoms with E-state index in [1.165, 1.54) is 36.9 Å². The van der Waals surface area contributed by atoms with Crippen LogP contribution in [0.15, 0.2) is 10.9 Å². The van der Waals surface area contributed by atoms with E-state index in [0.29, 0.717) is 12.6 Å². The Morgan fingerprint density at radius 1 is 1.32 bits per heavy atom. The highest BCUT2D eigenvalue weighted by Gasteiger charge is 2.26. The van der Waals surface area contributed by atoms with Gasteiger partial charge in [0, 0.05) is 43.4 Å². The molecule has 4 nitrogen and oxygen atoms in total. The Bertz CT molecular complexity index is 572. The monoisotopic (exact) mass is 303 g/mol. The van der Waals surface area contributed by atoms with Gasteiger partial charge in [0.1, 0.15) is 0 Å². The van der Waals surface area contributed by atoms with Crippen LogP contribution in [0.5, 0.6) is 0 Å². The van der Waals surface area contributed by atoms with Crippen molar-refractivity contribution in [3.63, 3.8) is 0 Å². The summed E-state index contributed by atoms with van der Waals surface area (Å²) in [6.45, 7) is 5.87. The largest absolute Gasteiger partial charge is 0.312 e. The minimum Gasteiger partial charge on any atom is -0.312 e. The minimum atomic E-state index is 0.263. The second-order valence-electron chi connectivity index (χ2n) is 6.92. The summed E-state index contributed by atoms with van der Waals surface area (Å²) < 4.78 is 2.18. The first-order valence-electron chi connectivity index (χ1n) is 8.86. The SMILES string of the molecule is CCCNCc1cc2c(n(C3CCCC3)c1=O)CCN(C)C2. The van der Waals surface area contributed by atoms with Crippen LogP contribution in [0.3, 0.4) is 0 Å². The van der Waals surface area contributed by atoms with Crippen LogP contribution in [0.25, 0.3) is 0 Å². The molecule has 22 heavy (non-hydrogen) atoms. The number of likely N-dealkylation sites (N-methyl/N-ethyl adjacent to an activating group) is 1. The number of rotatable bonds is 5. The van der Waals surface area contributed by atoms with Gasteiger partial charge in [-0.25, -0.2) is 0 Å². The van der Waals surface area contributed by atoms with E-state index in [0.717, 1.165) is 38.0 Å². The molecule has 1 aliphatic heterocycles. The molecule has 0 unspecified atom stereocenters. The van der Waals surface area contributed by atoms with E-state index in [1.807, 2.05) is 0 Å². The Hall–Kier alpha value is -1.13. The summed E-state index contributed by atoms with van der Waals surface area (Å²) in [5, 5.41) is 3.40. The van der Waals surface area contributed by atoms with Gasteiger partial charge in [-0.15, -0.1) is 0 Å². The van der Waals surface area contributed by atoms with Crippen LogP contribution in [-0.2, 0) is 19.5 Å². The molecule has 0 bridgehead atoms. The smallest absolute Gasteiger partial charge is 0.255 e. The van der Waals surface area contributed by atoms with Crippen LogP contribution < -0.4 is 10.9 Å². The van der Waals surface area contributed by atoms with Crippen molar-refractivity contribution < 1.29 is 0 Å². The fourth-order valence-electron chi connectivity index (χ4n) is 3.95. The van der Waals surface area contributed by atoms with Gasteiger partial charge in [0.15, 0.2) is 0 Å². The van der Waals surface area contributed by atoms with Gasteiger partial charge < -0.3 is 14.8 Å². The number of fused-ring (bicyclic) bond motifs is 1. The third kappa shape index (κ3) is 3.13. The van der Waals surface area contributed by atoms with Crippen molar-refractivity contribution in [3.8, 4) is 0 Å². The summed E-state index contributed by atoms with van der Waals surface area (Å²) in [5.74, 6) is 0. The predicted molar refractivity (Wildman–Crippen MR) is 90.2 cm³/mol. The number of aromatic nitrogens is 1. The Kier molecular flexibility index (Phi) is 4.99. The summed E-state index contributed by atoms with van der Waals surface area (Å²) in [5.41, 5.74) is 3.90. The highest BCUT2D eigenvalue weighted by molar-refractivity contribution is 5.29. The molecule has 1 aromatic rings. The molecular weight excluding hydrogens is 274 g/mol. The first-order valence-corrected chi connectivity index (χ1v) is 8.86. The molecule has 1 fully saturated rings. The van der Waals surface area contributed by atoms with Gasteiger partial charge in [-0.1, -0.05) is 19.8 Å². The second kappa shape index (κ2) is 6.97. The summed E-state index contributed by atoms with van der Waals surface area (Å²) in [6, 6.07) is 2.61. The third-order valence-electron chi connectivity index (χ3n) is 5.11. The summed E-state index contributed by atoms with van der Waals surface area (Å²) in [7, 11) is 2.17. The van der Waals surface area contributed by atoms with Gasteiger partial charge in [0.25, 0.3) is 5.56 Å². The quantitative estimate of drug-likeness (QED) is 0.849. The number of pyridine rings is 1. The van der Waals surface area contributed by atoms with Crippen molar-refractivity contribution in [2.75, 3.05) is 20.1 Å². The summed E-state index contributed by atoms with van der Waals surface area (Å²) in [4.78, 5) is 15.4.